The van der Waals surface area contributed by atoms with Gasteiger partial charge in [-0.15, -0.1) is 0 Å². The number of para-hydroxylation sites is 1. The van der Waals surface area contributed by atoms with Crippen LogP contribution in [0.3, 0.4) is 0 Å². The lowest BCUT2D eigenvalue weighted by molar-refractivity contribution is 0.963. The van der Waals surface area contributed by atoms with E-state index in [1.165, 1.54) is 0 Å². The third-order valence-corrected chi connectivity index (χ3v) is 4.69. The second-order valence-corrected chi connectivity index (χ2v) is 6.56. The Morgan fingerprint density at radius 1 is 1.15 bits per heavy atom. The lowest BCUT2D eigenvalue weighted by Gasteiger charge is -2.13. The van der Waals surface area contributed by atoms with Crippen molar-refractivity contribution in [3.63, 3.8) is 0 Å². The van der Waals surface area contributed by atoms with E-state index in [4.69, 9.17) is 34.7 Å². The Balaban J connectivity index is 1.93. The maximum atomic E-state index is 6.27. The average molecular weight is 388 g/mol. The van der Waals surface area contributed by atoms with Crippen molar-refractivity contribution >= 4 is 57.2 Å². The molecule has 0 atom stereocenters. The third-order valence-electron chi connectivity index (χ3n) is 4.06. The molecule has 9 heteroatoms. The van der Waals surface area contributed by atoms with Crippen molar-refractivity contribution in [3.8, 4) is 0 Å². The highest BCUT2D eigenvalue weighted by atomic mass is 35.5. The predicted molar refractivity (Wildman–Crippen MR) is 105 cm³/mol. The highest BCUT2D eigenvalue weighted by Gasteiger charge is 2.15. The molecule has 5 N–H and O–H groups in total. The molecule has 0 aliphatic heterocycles. The van der Waals surface area contributed by atoms with E-state index >= 15 is 0 Å². The normalized spacial score (nSPS) is 11.3. The Labute approximate surface area is 159 Å². The van der Waals surface area contributed by atoms with Gasteiger partial charge in [-0.05, 0) is 36.7 Å². The second kappa shape index (κ2) is 6.60. The van der Waals surface area contributed by atoms with Crippen LogP contribution in [0.15, 0.2) is 36.8 Å². The van der Waals surface area contributed by atoms with Gasteiger partial charge in [0.2, 0.25) is 0 Å². The number of halogens is 2. The molecule has 0 aliphatic carbocycles. The molecular weight excluding hydrogens is 373 g/mol. The van der Waals surface area contributed by atoms with Gasteiger partial charge >= 0.3 is 0 Å². The monoisotopic (exact) mass is 387 g/mol. The Morgan fingerprint density at radius 3 is 2.65 bits per heavy atom. The Morgan fingerprint density at radius 2 is 1.92 bits per heavy atom. The molecule has 0 spiro atoms. The van der Waals surface area contributed by atoms with E-state index in [-0.39, 0.29) is 0 Å². The van der Waals surface area contributed by atoms with Gasteiger partial charge in [0.1, 0.15) is 23.2 Å². The molecule has 0 unspecified atom stereocenters. The first kappa shape index (κ1) is 16.8. The van der Waals surface area contributed by atoms with Crippen molar-refractivity contribution in [2.75, 3.05) is 17.6 Å². The van der Waals surface area contributed by atoms with Crippen LogP contribution in [-0.4, -0.2) is 25.9 Å². The fourth-order valence-corrected chi connectivity index (χ4v) is 3.30. The molecule has 0 aliphatic rings. The number of benzene rings is 1. The Bertz CT molecular complexity index is 1100. The van der Waals surface area contributed by atoms with Crippen molar-refractivity contribution in [1.29, 1.82) is 0 Å². The number of fused-ring (bicyclic) bond motifs is 3. The van der Waals surface area contributed by atoms with Gasteiger partial charge < -0.3 is 16.8 Å². The van der Waals surface area contributed by atoms with Crippen molar-refractivity contribution < 1.29 is 0 Å². The van der Waals surface area contributed by atoms with Crippen LogP contribution in [0.2, 0.25) is 10.0 Å². The van der Waals surface area contributed by atoms with Crippen molar-refractivity contribution in [1.82, 2.24) is 19.4 Å². The number of nitrogens with zero attached hydrogens (tertiary/aromatic N) is 4. The van der Waals surface area contributed by atoms with E-state index in [2.05, 4.69) is 20.3 Å². The smallest absolute Gasteiger partial charge is 0.166 e. The molecular formula is C17H15Cl2N7. The van der Waals surface area contributed by atoms with Crippen LogP contribution in [0.4, 0.5) is 17.3 Å². The third kappa shape index (κ3) is 2.80. The number of aromatic nitrogens is 4. The summed E-state index contributed by atoms with van der Waals surface area (Å²) in [6.07, 6.45) is 3.97. The number of anilines is 3. The summed E-state index contributed by atoms with van der Waals surface area (Å²) in [5.41, 5.74) is 15.2. The summed E-state index contributed by atoms with van der Waals surface area (Å²) in [5.74, 6) is 1.00. The second-order valence-electron chi connectivity index (χ2n) is 5.75. The van der Waals surface area contributed by atoms with Gasteiger partial charge in [0.15, 0.2) is 11.5 Å². The van der Waals surface area contributed by atoms with E-state index < -0.39 is 0 Å². The summed E-state index contributed by atoms with van der Waals surface area (Å²) < 4.78 is 1.82. The summed E-state index contributed by atoms with van der Waals surface area (Å²) in [6, 6.07) is 7.19. The summed E-state index contributed by atoms with van der Waals surface area (Å²) in [4.78, 5) is 13.4. The van der Waals surface area contributed by atoms with Crippen molar-refractivity contribution in [3.05, 3.63) is 52.4 Å². The van der Waals surface area contributed by atoms with Gasteiger partial charge in [0.05, 0.1) is 21.9 Å². The molecule has 3 heterocycles. The quantitative estimate of drug-likeness (QED) is 0.495. The zero-order valence-electron chi connectivity index (χ0n) is 13.6. The van der Waals surface area contributed by atoms with Crippen LogP contribution in [0, 0.1) is 0 Å². The van der Waals surface area contributed by atoms with Crippen molar-refractivity contribution in [2.24, 2.45) is 5.73 Å². The summed E-state index contributed by atoms with van der Waals surface area (Å²) in [5, 5.41) is 4.20. The number of imidazole rings is 1. The highest BCUT2D eigenvalue weighted by Crippen LogP contribution is 2.34. The fourth-order valence-electron chi connectivity index (χ4n) is 2.81. The topological polar surface area (TPSA) is 107 Å². The number of hydrogen-bond acceptors (Lipinski definition) is 6. The molecule has 0 bridgehead atoms. The number of pyridine rings is 1. The molecule has 132 valence electrons. The number of nitrogen functional groups attached to an aromatic ring is 1. The number of rotatable bonds is 4. The van der Waals surface area contributed by atoms with Crippen LogP contribution in [-0.2, 0) is 6.42 Å². The summed E-state index contributed by atoms with van der Waals surface area (Å²) in [7, 11) is 0. The minimum Gasteiger partial charge on any atom is -0.383 e. The molecule has 0 saturated heterocycles. The van der Waals surface area contributed by atoms with Gasteiger partial charge in [-0.3, -0.25) is 4.40 Å². The first-order chi connectivity index (χ1) is 12.6. The van der Waals surface area contributed by atoms with Crippen LogP contribution in [0.1, 0.15) is 5.56 Å². The summed E-state index contributed by atoms with van der Waals surface area (Å²) >= 11 is 12.5. The number of nitrogens with one attached hydrogen (secondary N) is 1. The molecule has 0 fully saturated rings. The molecule has 4 aromatic rings. The molecule has 3 aromatic heterocycles. The molecule has 0 radical (unpaired) electrons. The maximum absolute atomic E-state index is 6.27. The van der Waals surface area contributed by atoms with E-state index in [0.717, 1.165) is 11.1 Å². The highest BCUT2D eigenvalue weighted by molar-refractivity contribution is 6.39. The molecule has 0 saturated carbocycles. The Hall–Kier alpha value is -2.61. The fraction of sp³-hybridized carbons (Fsp3) is 0.118. The Kier molecular flexibility index (Phi) is 4.28. The lowest BCUT2D eigenvalue weighted by Crippen LogP contribution is -2.08. The van der Waals surface area contributed by atoms with Crippen LogP contribution in [0.25, 0.3) is 16.7 Å². The molecule has 7 nitrogen and oxygen atoms in total. The lowest BCUT2D eigenvalue weighted by atomic mass is 10.2. The SMILES string of the molecule is NCCc1cc2nc(Nc3c(Cl)cccc3Cl)c3cncn3c2nc1N. The maximum Gasteiger partial charge on any atom is 0.166 e. The zero-order chi connectivity index (χ0) is 18.3. The van der Waals surface area contributed by atoms with E-state index in [0.29, 0.717) is 51.5 Å². The average Bonchev–Trinajstić information content (AvgIpc) is 3.10. The first-order valence-electron chi connectivity index (χ1n) is 7.90. The minimum absolute atomic E-state index is 0.439. The molecule has 0 amide bonds. The summed E-state index contributed by atoms with van der Waals surface area (Å²) in [6.45, 7) is 0.477. The van der Waals surface area contributed by atoms with E-state index in [1.807, 2.05) is 10.5 Å². The number of hydrogen-bond donors (Lipinski definition) is 3. The molecule has 1 aromatic carbocycles. The standard InChI is InChI=1S/C17H15Cl2N7/c18-10-2-1-3-11(19)14(10)24-16-13-7-22-8-26(13)17-12(23-16)6-9(4-5-20)15(21)25-17/h1-3,6-8H,4-5,20H2,(H2,21,25)(H,23,24). The predicted octanol–water partition coefficient (Wildman–Crippen LogP) is 3.41. The molecule has 26 heavy (non-hydrogen) atoms. The van der Waals surface area contributed by atoms with Gasteiger partial charge in [-0.2, -0.15) is 0 Å². The van der Waals surface area contributed by atoms with E-state index in [9.17, 15) is 0 Å². The van der Waals surface area contributed by atoms with Crippen LogP contribution >= 0.6 is 23.2 Å². The molecule has 4 rings (SSSR count). The van der Waals surface area contributed by atoms with Gasteiger partial charge in [-0.1, -0.05) is 29.3 Å². The zero-order valence-corrected chi connectivity index (χ0v) is 15.1. The number of nitrogens with two attached hydrogens (primary N) is 2. The van der Waals surface area contributed by atoms with Crippen LogP contribution in [0.5, 0.6) is 0 Å². The first-order valence-corrected chi connectivity index (χ1v) is 8.66. The largest absolute Gasteiger partial charge is 0.383 e. The van der Waals surface area contributed by atoms with Crippen LogP contribution < -0.4 is 16.8 Å². The van der Waals surface area contributed by atoms with Gasteiger partial charge in [0, 0.05) is 0 Å². The van der Waals surface area contributed by atoms with Gasteiger partial charge in [0.25, 0.3) is 0 Å². The van der Waals surface area contributed by atoms with Crippen molar-refractivity contribution in [2.45, 2.75) is 6.42 Å². The minimum atomic E-state index is 0.439. The van der Waals surface area contributed by atoms with Gasteiger partial charge in [-0.25, -0.2) is 15.0 Å². The van der Waals surface area contributed by atoms with E-state index in [1.54, 1.807) is 30.7 Å².